The zero-order valence-corrected chi connectivity index (χ0v) is 28.8. The number of anilines is 3. The predicted molar refractivity (Wildman–Crippen MR) is 217 cm³/mol. The lowest BCUT2D eigenvalue weighted by Crippen LogP contribution is -2.12. The zero-order valence-electron chi connectivity index (χ0n) is 28.8. The molecule has 0 fully saturated rings. The summed E-state index contributed by atoms with van der Waals surface area (Å²) in [5, 5.41) is 0. The van der Waals surface area contributed by atoms with Gasteiger partial charge in [-0.1, -0.05) is 152 Å². The molecule has 1 nitrogen and oxygen atoms in total. The van der Waals surface area contributed by atoms with Crippen LogP contribution in [0.4, 0.5) is 17.1 Å². The highest BCUT2D eigenvalue weighted by molar-refractivity contribution is 5.93. The normalized spacial score (nSPS) is 12.0. The summed E-state index contributed by atoms with van der Waals surface area (Å²) < 4.78 is 0. The Bertz CT molecular complexity index is 2030. The molecule has 0 unspecified atom stereocenters. The van der Waals surface area contributed by atoms with Crippen LogP contribution in [0.25, 0.3) is 23.3 Å². The van der Waals surface area contributed by atoms with Crippen molar-refractivity contribution in [2.45, 2.75) is 25.7 Å². The summed E-state index contributed by atoms with van der Waals surface area (Å²) in [6.45, 7) is 0. The number of hydrogen-bond acceptors (Lipinski definition) is 1. The summed E-state index contributed by atoms with van der Waals surface area (Å²) in [5.41, 5.74) is 16.1. The lowest BCUT2D eigenvalue weighted by molar-refractivity contribution is 0.685. The minimum Gasteiger partial charge on any atom is -0.310 e. The third kappa shape index (κ3) is 7.39. The summed E-state index contributed by atoms with van der Waals surface area (Å²) >= 11 is 0. The van der Waals surface area contributed by atoms with Gasteiger partial charge in [-0.25, -0.2) is 0 Å². The van der Waals surface area contributed by atoms with E-state index in [-0.39, 0.29) is 0 Å². The van der Waals surface area contributed by atoms with E-state index in [1.807, 2.05) is 0 Å². The predicted octanol–water partition coefficient (Wildman–Crippen LogP) is 13.2. The molecule has 8 rings (SSSR count). The van der Waals surface area contributed by atoms with Crippen LogP contribution < -0.4 is 4.90 Å². The van der Waals surface area contributed by atoms with Gasteiger partial charge in [0.2, 0.25) is 0 Å². The molecule has 7 aromatic carbocycles. The van der Waals surface area contributed by atoms with Crippen molar-refractivity contribution < 1.29 is 0 Å². The molecule has 0 saturated carbocycles. The van der Waals surface area contributed by atoms with E-state index in [4.69, 9.17) is 0 Å². The van der Waals surface area contributed by atoms with Crippen LogP contribution in [0, 0.1) is 0 Å². The standard InChI is InChI=1S/C50H41N/c1-5-16-41(17-6-1)49(42-18-7-2-8-19-42)35-38-25-30-46(31-26-38)51(48-34-29-40-15-13-14-24-45(40)37-48)47-32-27-39(28-33-47)36-50(43-20-9-3-10-21-43)44-22-11-4-12-23-44/h1-12,16-23,25-37H,13-15,24H2. The van der Waals surface area contributed by atoms with Crippen molar-refractivity contribution in [1.82, 2.24) is 0 Å². The lowest BCUT2D eigenvalue weighted by Gasteiger charge is -2.27. The van der Waals surface area contributed by atoms with Crippen molar-refractivity contribution in [3.05, 3.63) is 233 Å². The van der Waals surface area contributed by atoms with E-state index in [1.54, 1.807) is 0 Å². The van der Waals surface area contributed by atoms with Crippen LogP contribution in [0.5, 0.6) is 0 Å². The molecule has 0 aromatic heterocycles. The average Bonchev–Trinajstić information content (AvgIpc) is 3.21. The number of rotatable bonds is 9. The van der Waals surface area contributed by atoms with Crippen molar-refractivity contribution in [2.75, 3.05) is 4.90 Å². The first-order valence-corrected chi connectivity index (χ1v) is 18.1. The van der Waals surface area contributed by atoms with E-state index in [1.165, 1.54) is 80.6 Å². The Morgan fingerprint density at radius 2 is 0.706 bits per heavy atom. The summed E-state index contributed by atoms with van der Waals surface area (Å²) in [5.74, 6) is 0. The molecule has 0 saturated heterocycles. The molecular weight excluding hydrogens is 615 g/mol. The minimum absolute atomic E-state index is 1.14. The highest BCUT2D eigenvalue weighted by atomic mass is 15.1. The molecule has 0 N–H and O–H groups in total. The van der Waals surface area contributed by atoms with Gasteiger partial charge in [0.25, 0.3) is 0 Å². The maximum Gasteiger partial charge on any atom is 0.0464 e. The van der Waals surface area contributed by atoms with Gasteiger partial charge in [0.1, 0.15) is 0 Å². The lowest BCUT2D eigenvalue weighted by atomic mass is 9.91. The smallest absolute Gasteiger partial charge is 0.0464 e. The summed E-state index contributed by atoms with van der Waals surface area (Å²) in [6.07, 6.45) is 9.46. The molecule has 0 amide bonds. The maximum absolute atomic E-state index is 2.42. The van der Waals surface area contributed by atoms with Gasteiger partial charge in [-0.05, 0) is 130 Å². The van der Waals surface area contributed by atoms with Gasteiger partial charge in [0.15, 0.2) is 0 Å². The zero-order chi connectivity index (χ0) is 34.2. The van der Waals surface area contributed by atoms with E-state index < -0.39 is 0 Å². The first-order chi connectivity index (χ1) is 25.3. The Labute approximate surface area is 302 Å². The maximum atomic E-state index is 2.42. The van der Waals surface area contributed by atoms with Crippen LogP contribution in [0.1, 0.15) is 57.3 Å². The molecule has 0 spiro atoms. The van der Waals surface area contributed by atoms with Crippen molar-refractivity contribution in [3.63, 3.8) is 0 Å². The number of hydrogen-bond donors (Lipinski definition) is 0. The largest absolute Gasteiger partial charge is 0.310 e. The first-order valence-electron chi connectivity index (χ1n) is 18.1. The van der Waals surface area contributed by atoms with Gasteiger partial charge < -0.3 is 4.90 Å². The molecule has 0 heterocycles. The molecule has 1 aliphatic carbocycles. The van der Waals surface area contributed by atoms with Crippen molar-refractivity contribution >= 4 is 40.4 Å². The van der Waals surface area contributed by atoms with Gasteiger partial charge in [-0.15, -0.1) is 0 Å². The van der Waals surface area contributed by atoms with E-state index in [0.29, 0.717) is 0 Å². The second-order valence-corrected chi connectivity index (χ2v) is 13.3. The SMILES string of the molecule is C(=C(c1ccccc1)c1ccccc1)c1ccc(N(c2ccc(C=C(c3ccccc3)c3ccccc3)cc2)c2ccc3c(c2)CCCC3)cc1. The molecule has 0 bridgehead atoms. The molecule has 51 heavy (non-hydrogen) atoms. The Kier molecular flexibility index (Phi) is 9.52. The highest BCUT2D eigenvalue weighted by Gasteiger charge is 2.17. The van der Waals surface area contributed by atoms with Gasteiger partial charge >= 0.3 is 0 Å². The summed E-state index contributed by atoms with van der Waals surface area (Å²) in [7, 11) is 0. The summed E-state index contributed by atoms with van der Waals surface area (Å²) in [4.78, 5) is 2.40. The van der Waals surface area contributed by atoms with E-state index in [0.717, 1.165) is 17.8 Å². The Morgan fingerprint density at radius 1 is 0.353 bits per heavy atom. The number of nitrogens with zero attached hydrogens (tertiary/aromatic N) is 1. The number of fused-ring (bicyclic) bond motifs is 1. The highest BCUT2D eigenvalue weighted by Crippen LogP contribution is 2.38. The monoisotopic (exact) mass is 655 g/mol. The Morgan fingerprint density at radius 3 is 1.10 bits per heavy atom. The molecule has 1 heteroatoms. The van der Waals surface area contributed by atoms with E-state index >= 15 is 0 Å². The van der Waals surface area contributed by atoms with Crippen molar-refractivity contribution in [3.8, 4) is 0 Å². The number of aryl methyl sites for hydroxylation is 2. The van der Waals surface area contributed by atoms with E-state index in [9.17, 15) is 0 Å². The fraction of sp³-hybridized carbons (Fsp3) is 0.0800. The van der Waals surface area contributed by atoms with Crippen LogP contribution in [-0.4, -0.2) is 0 Å². The van der Waals surface area contributed by atoms with Gasteiger partial charge in [0.05, 0.1) is 0 Å². The molecule has 0 aliphatic heterocycles. The van der Waals surface area contributed by atoms with Crippen LogP contribution in [0.15, 0.2) is 188 Å². The molecule has 1 aliphatic rings. The van der Waals surface area contributed by atoms with Crippen molar-refractivity contribution in [2.24, 2.45) is 0 Å². The molecule has 0 radical (unpaired) electrons. The number of benzene rings is 7. The quantitative estimate of drug-likeness (QED) is 0.140. The fourth-order valence-electron chi connectivity index (χ4n) is 7.22. The third-order valence-electron chi connectivity index (χ3n) is 9.85. The average molecular weight is 656 g/mol. The third-order valence-corrected chi connectivity index (χ3v) is 9.85. The van der Waals surface area contributed by atoms with E-state index in [2.05, 4.69) is 205 Å². The molecule has 0 atom stereocenters. The topological polar surface area (TPSA) is 3.24 Å². The summed E-state index contributed by atoms with van der Waals surface area (Å²) in [6, 6.07) is 67.7. The molecule has 246 valence electrons. The van der Waals surface area contributed by atoms with Crippen LogP contribution in [-0.2, 0) is 12.8 Å². The van der Waals surface area contributed by atoms with Gasteiger partial charge in [-0.3, -0.25) is 0 Å². The second-order valence-electron chi connectivity index (χ2n) is 13.3. The molecular formula is C50H41N. The van der Waals surface area contributed by atoms with Crippen molar-refractivity contribution in [1.29, 1.82) is 0 Å². The molecule has 7 aromatic rings. The van der Waals surface area contributed by atoms with Crippen LogP contribution >= 0.6 is 0 Å². The Balaban J connectivity index is 1.17. The second kappa shape index (κ2) is 15.2. The van der Waals surface area contributed by atoms with Crippen LogP contribution in [0.2, 0.25) is 0 Å². The first kappa shape index (κ1) is 32.0. The Hall–Kier alpha value is -6.18. The van der Waals surface area contributed by atoms with Crippen LogP contribution in [0.3, 0.4) is 0 Å². The van der Waals surface area contributed by atoms with Gasteiger partial charge in [-0.2, -0.15) is 0 Å². The minimum atomic E-state index is 1.14. The van der Waals surface area contributed by atoms with Gasteiger partial charge in [0, 0.05) is 17.1 Å². The fourth-order valence-corrected chi connectivity index (χ4v) is 7.22.